The summed E-state index contributed by atoms with van der Waals surface area (Å²) in [7, 11) is 0. The van der Waals surface area contributed by atoms with Crippen molar-refractivity contribution in [2.45, 2.75) is 49.7 Å². The van der Waals surface area contributed by atoms with Gasteiger partial charge in [-0.15, -0.1) is 11.8 Å². The summed E-state index contributed by atoms with van der Waals surface area (Å²) in [6, 6.07) is 4.58. The summed E-state index contributed by atoms with van der Waals surface area (Å²) in [5.41, 5.74) is 8.62. The summed E-state index contributed by atoms with van der Waals surface area (Å²) in [5, 5.41) is 0.419. The highest BCUT2D eigenvalue weighted by Crippen LogP contribution is 2.44. The number of thioether (sulfide) groups is 1. The van der Waals surface area contributed by atoms with Crippen molar-refractivity contribution in [1.82, 2.24) is 14.9 Å². The van der Waals surface area contributed by atoms with E-state index in [0.717, 1.165) is 17.3 Å². The van der Waals surface area contributed by atoms with Crippen LogP contribution in [0, 0.1) is 5.82 Å². The fourth-order valence-electron chi connectivity index (χ4n) is 4.45. The summed E-state index contributed by atoms with van der Waals surface area (Å²) >= 11 is 7.73. The molecule has 2 aliphatic heterocycles. The lowest BCUT2D eigenvalue weighted by Crippen LogP contribution is -2.51. The van der Waals surface area contributed by atoms with Crippen molar-refractivity contribution in [1.29, 1.82) is 0 Å². The Labute approximate surface area is 197 Å². The molecule has 1 saturated heterocycles. The van der Waals surface area contributed by atoms with Gasteiger partial charge in [0.25, 0.3) is 0 Å². The Bertz CT molecular complexity index is 1010. The van der Waals surface area contributed by atoms with Crippen LogP contribution in [-0.4, -0.2) is 52.5 Å². The Kier molecular flexibility index (Phi) is 6.66. The van der Waals surface area contributed by atoms with Gasteiger partial charge >= 0.3 is 0 Å². The van der Waals surface area contributed by atoms with Gasteiger partial charge in [0.05, 0.1) is 16.6 Å². The molecular weight excluding hydrogens is 449 g/mol. The summed E-state index contributed by atoms with van der Waals surface area (Å²) in [6.45, 7) is 8.50. The van der Waals surface area contributed by atoms with Gasteiger partial charge in [0.1, 0.15) is 18.0 Å². The van der Waals surface area contributed by atoms with E-state index in [9.17, 15) is 9.18 Å². The molecule has 1 amide bonds. The Balaban J connectivity index is 1.51. The van der Waals surface area contributed by atoms with Crippen LogP contribution in [0.1, 0.15) is 55.2 Å². The third-order valence-corrected chi connectivity index (χ3v) is 7.57. The van der Waals surface area contributed by atoms with E-state index in [1.165, 1.54) is 17.7 Å². The number of nitrogens with two attached hydrogens (primary N) is 1. The predicted octanol–water partition coefficient (Wildman–Crippen LogP) is 4.14. The van der Waals surface area contributed by atoms with Crippen LogP contribution in [0.15, 0.2) is 24.5 Å². The van der Waals surface area contributed by atoms with Crippen LogP contribution in [0.4, 0.5) is 10.2 Å². The van der Waals surface area contributed by atoms with Crippen molar-refractivity contribution >= 4 is 35.1 Å². The molecule has 3 heterocycles. The number of halogens is 2. The summed E-state index contributed by atoms with van der Waals surface area (Å²) in [6.07, 6.45) is 2.06. The molecule has 0 saturated carbocycles. The molecule has 0 spiro atoms. The first kappa shape index (κ1) is 23.3. The molecule has 0 aliphatic carbocycles. The highest BCUT2D eigenvalue weighted by molar-refractivity contribution is 7.99. The zero-order valence-corrected chi connectivity index (χ0v) is 20.2. The minimum Gasteiger partial charge on any atom is -0.353 e. The topological polar surface area (TPSA) is 75.4 Å². The monoisotopic (exact) mass is 477 g/mol. The van der Waals surface area contributed by atoms with Crippen molar-refractivity contribution in [3.63, 3.8) is 0 Å². The summed E-state index contributed by atoms with van der Waals surface area (Å²) < 4.78 is 14.1. The van der Waals surface area contributed by atoms with E-state index in [1.54, 1.807) is 12.4 Å². The lowest BCUT2D eigenvalue weighted by atomic mass is 9.85. The van der Waals surface area contributed by atoms with Gasteiger partial charge in [-0.2, -0.15) is 0 Å². The molecule has 0 bridgehead atoms. The van der Waals surface area contributed by atoms with Gasteiger partial charge in [-0.05, 0) is 44.9 Å². The quantitative estimate of drug-likeness (QED) is 0.697. The zero-order chi connectivity index (χ0) is 23.0. The van der Waals surface area contributed by atoms with Gasteiger partial charge in [-0.25, -0.2) is 14.4 Å². The molecule has 0 radical (unpaired) electrons. The van der Waals surface area contributed by atoms with Gasteiger partial charge < -0.3 is 15.5 Å². The lowest BCUT2D eigenvalue weighted by Gasteiger charge is -2.38. The number of piperazine rings is 1. The van der Waals surface area contributed by atoms with Crippen LogP contribution in [-0.2, 0) is 10.5 Å². The number of carbonyl (C=O) groups is 1. The molecule has 1 fully saturated rings. The van der Waals surface area contributed by atoms with Crippen molar-refractivity contribution in [3.05, 3.63) is 52.2 Å². The highest BCUT2D eigenvalue weighted by Gasteiger charge is 2.34. The molecule has 9 heteroatoms. The van der Waals surface area contributed by atoms with Gasteiger partial charge in [-0.3, -0.25) is 4.79 Å². The van der Waals surface area contributed by atoms with Gasteiger partial charge in [0.15, 0.2) is 0 Å². The molecule has 2 aliphatic rings. The number of hydrogen-bond acceptors (Lipinski definition) is 6. The summed E-state index contributed by atoms with van der Waals surface area (Å²) in [4.78, 5) is 26.6. The first-order chi connectivity index (χ1) is 15.1. The van der Waals surface area contributed by atoms with E-state index in [2.05, 4.69) is 21.8 Å². The van der Waals surface area contributed by atoms with Gasteiger partial charge in [-0.1, -0.05) is 17.7 Å². The molecule has 2 N–H and O–H groups in total. The van der Waals surface area contributed by atoms with Crippen molar-refractivity contribution in [2.75, 3.05) is 31.1 Å². The first-order valence-corrected chi connectivity index (χ1v) is 12.3. The fraction of sp³-hybridized carbons (Fsp3) is 0.522. The van der Waals surface area contributed by atoms with Crippen molar-refractivity contribution in [2.24, 2.45) is 5.73 Å². The van der Waals surface area contributed by atoms with E-state index in [0.29, 0.717) is 43.4 Å². The second kappa shape index (κ2) is 9.15. The number of hydrogen-bond donors (Lipinski definition) is 1. The zero-order valence-electron chi connectivity index (χ0n) is 18.6. The average Bonchev–Trinajstić information content (AvgIpc) is 3.14. The molecule has 172 valence electrons. The Morgan fingerprint density at radius 1 is 1.31 bits per heavy atom. The van der Waals surface area contributed by atoms with E-state index in [-0.39, 0.29) is 10.9 Å². The van der Waals surface area contributed by atoms with Crippen molar-refractivity contribution < 1.29 is 9.18 Å². The number of carbonyl (C=O) groups excluding carboxylic acids is 1. The highest BCUT2D eigenvalue weighted by atomic mass is 35.5. The molecule has 1 aromatic carbocycles. The van der Waals surface area contributed by atoms with E-state index < -0.39 is 17.3 Å². The standard InChI is InChI=1S/C23H29ClFN5OS/c1-14-20-19(12-32-14)27-13-28-21(20)29-6-8-30(9-7-29)22(31)16(11-23(2,3)26)15-4-5-17(24)18(25)10-15/h4-5,10,13-14,16H,6-9,11-12,26H2,1-3H3/t14-,16?/m0/s1. The molecule has 32 heavy (non-hydrogen) atoms. The number of benzene rings is 1. The van der Waals surface area contributed by atoms with E-state index >= 15 is 0 Å². The van der Waals surface area contributed by atoms with Crippen LogP contribution in [0.5, 0.6) is 0 Å². The SMILES string of the molecule is C[C@@H]1SCc2ncnc(N3CCN(C(=O)C(CC(C)(C)N)c4ccc(Cl)c(F)c4)CC3)c21. The second-order valence-corrected chi connectivity index (χ2v) is 11.0. The van der Waals surface area contributed by atoms with Crippen LogP contribution < -0.4 is 10.6 Å². The number of amides is 1. The minimum absolute atomic E-state index is 0.0262. The molecule has 2 aromatic rings. The third-order valence-electron chi connectivity index (χ3n) is 6.09. The van der Waals surface area contributed by atoms with Crippen LogP contribution in [0.25, 0.3) is 0 Å². The van der Waals surface area contributed by atoms with E-state index in [1.807, 2.05) is 30.5 Å². The number of anilines is 1. The lowest BCUT2D eigenvalue weighted by molar-refractivity contribution is -0.133. The van der Waals surface area contributed by atoms with E-state index in [4.69, 9.17) is 17.3 Å². The Hall–Kier alpha value is -1.90. The fourth-order valence-corrected chi connectivity index (χ4v) is 5.62. The normalized spacial score (nSPS) is 19.8. The number of aromatic nitrogens is 2. The second-order valence-electron chi connectivity index (χ2n) is 9.24. The minimum atomic E-state index is -0.576. The smallest absolute Gasteiger partial charge is 0.230 e. The number of fused-ring (bicyclic) bond motifs is 1. The maximum Gasteiger partial charge on any atom is 0.230 e. The average molecular weight is 478 g/mol. The largest absolute Gasteiger partial charge is 0.353 e. The maximum absolute atomic E-state index is 14.1. The Morgan fingerprint density at radius 3 is 2.69 bits per heavy atom. The molecule has 4 rings (SSSR count). The maximum atomic E-state index is 14.1. The van der Waals surface area contributed by atoms with Gasteiger partial charge in [0.2, 0.25) is 5.91 Å². The predicted molar refractivity (Wildman–Crippen MR) is 128 cm³/mol. The van der Waals surface area contributed by atoms with Crippen LogP contribution in [0.2, 0.25) is 5.02 Å². The van der Waals surface area contributed by atoms with Crippen LogP contribution in [0.3, 0.4) is 0 Å². The molecule has 1 aromatic heterocycles. The van der Waals surface area contributed by atoms with Crippen molar-refractivity contribution in [3.8, 4) is 0 Å². The molecule has 2 atom stereocenters. The first-order valence-electron chi connectivity index (χ1n) is 10.9. The van der Waals surface area contributed by atoms with Crippen LogP contribution >= 0.6 is 23.4 Å². The molecule has 6 nitrogen and oxygen atoms in total. The Morgan fingerprint density at radius 2 is 2.03 bits per heavy atom. The number of nitrogens with zero attached hydrogens (tertiary/aromatic N) is 4. The molecule has 1 unspecified atom stereocenters. The number of rotatable bonds is 5. The van der Waals surface area contributed by atoms with Gasteiger partial charge in [0, 0.05) is 48.3 Å². The summed E-state index contributed by atoms with van der Waals surface area (Å²) in [5.74, 6) is 0.832. The third kappa shape index (κ3) is 4.87. The molecular formula is C23H29ClFN5OS.